The summed E-state index contributed by atoms with van der Waals surface area (Å²) in [4.78, 5) is 2.45. The zero-order chi connectivity index (χ0) is 14.3. The van der Waals surface area contributed by atoms with Gasteiger partial charge in [0, 0.05) is 17.8 Å². The average molecular weight is 280 g/mol. The van der Waals surface area contributed by atoms with Gasteiger partial charge in [0.2, 0.25) is 0 Å². The van der Waals surface area contributed by atoms with Crippen LogP contribution in [-0.2, 0) is 0 Å². The molecule has 0 amide bonds. The highest BCUT2D eigenvalue weighted by atomic mass is 32.2. The molecule has 0 saturated carbocycles. The molecule has 0 fully saturated rings. The topological polar surface area (TPSA) is 15.3 Å². The highest BCUT2D eigenvalue weighted by Crippen LogP contribution is 2.18. The van der Waals surface area contributed by atoms with E-state index in [1.165, 1.54) is 16.9 Å². The quantitative estimate of drug-likeness (QED) is 0.786. The van der Waals surface area contributed by atoms with Crippen molar-refractivity contribution in [3.8, 4) is 0 Å². The minimum Gasteiger partial charge on any atom is -0.313 e. The lowest BCUT2D eigenvalue weighted by molar-refractivity contribution is 0.262. The van der Waals surface area contributed by atoms with E-state index in [4.69, 9.17) is 0 Å². The van der Waals surface area contributed by atoms with Crippen molar-refractivity contribution in [2.24, 2.45) is 0 Å². The maximum Gasteiger partial charge on any atom is 0.0329 e. The van der Waals surface area contributed by atoms with Crippen LogP contribution in [0.5, 0.6) is 0 Å². The summed E-state index contributed by atoms with van der Waals surface area (Å²) in [7, 11) is 4.28. The Morgan fingerprint density at radius 3 is 2.42 bits per heavy atom. The molecule has 0 aliphatic heterocycles. The van der Waals surface area contributed by atoms with Crippen LogP contribution in [0.25, 0.3) is 0 Å². The van der Waals surface area contributed by atoms with Crippen molar-refractivity contribution in [2.75, 3.05) is 32.6 Å². The number of benzene rings is 1. The summed E-state index contributed by atoms with van der Waals surface area (Å²) in [5.41, 5.74) is 2.71. The monoisotopic (exact) mass is 280 g/mol. The summed E-state index contributed by atoms with van der Waals surface area (Å²) in [5, 5.41) is 3.43. The van der Waals surface area contributed by atoms with E-state index < -0.39 is 0 Å². The fourth-order valence-corrected chi connectivity index (χ4v) is 2.93. The molecule has 108 valence electrons. The van der Waals surface area contributed by atoms with Crippen LogP contribution < -0.4 is 5.32 Å². The maximum atomic E-state index is 3.43. The normalized spacial score (nSPS) is 14.6. The van der Waals surface area contributed by atoms with Gasteiger partial charge in [-0.15, -0.1) is 0 Å². The van der Waals surface area contributed by atoms with Gasteiger partial charge in [-0.3, -0.25) is 0 Å². The number of rotatable bonds is 8. The van der Waals surface area contributed by atoms with Crippen LogP contribution in [-0.4, -0.2) is 43.6 Å². The van der Waals surface area contributed by atoms with Gasteiger partial charge in [-0.2, -0.15) is 11.8 Å². The third kappa shape index (κ3) is 5.55. The molecule has 0 aliphatic rings. The van der Waals surface area contributed by atoms with Gasteiger partial charge < -0.3 is 10.2 Å². The van der Waals surface area contributed by atoms with Crippen molar-refractivity contribution in [3.05, 3.63) is 35.4 Å². The predicted octanol–water partition coefficient (Wildman–Crippen LogP) is 3.33. The number of hydrogen-bond acceptors (Lipinski definition) is 3. The molecule has 0 spiro atoms. The molecule has 0 heterocycles. The van der Waals surface area contributed by atoms with E-state index in [2.05, 4.69) is 68.7 Å². The Bertz CT molecular complexity index is 350. The van der Waals surface area contributed by atoms with Crippen LogP contribution >= 0.6 is 11.8 Å². The van der Waals surface area contributed by atoms with Crippen LogP contribution in [0, 0.1) is 6.92 Å². The highest BCUT2D eigenvalue weighted by Gasteiger charge is 2.13. The van der Waals surface area contributed by atoms with Gasteiger partial charge in [-0.05, 0) is 52.7 Å². The minimum atomic E-state index is 0.449. The fraction of sp³-hybridized carbons (Fsp3) is 0.625. The van der Waals surface area contributed by atoms with Gasteiger partial charge in [-0.1, -0.05) is 29.8 Å². The number of hydrogen-bond donors (Lipinski definition) is 1. The van der Waals surface area contributed by atoms with Crippen molar-refractivity contribution in [2.45, 2.75) is 32.4 Å². The van der Waals surface area contributed by atoms with Crippen LogP contribution in [0.4, 0.5) is 0 Å². The van der Waals surface area contributed by atoms with Gasteiger partial charge in [0.1, 0.15) is 0 Å². The predicted molar refractivity (Wildman–Crippen MR) is 88.1 cm³/mol. The Morgan fingerprint density at radius 1 is 1.26 bits per heavy atom. The first kappa shape index (κ1) is 16.5. The SMILES string of the molecule is CNC(CCN(C)C(C)CSC)c1ccc(C)cc1. The van der Waals surface area contributed by atoms with Crippen molar-refractivity contribution >= 4 is 11.8 Å². The summed E-state index contributed by atoms with van der Waals surface area (Å²) in [6.07, 6.45) is 3.32. The van der Waals surface area contributed by atoms with Crippen LogP contribution in [0.1, 0.15) is 30.5 Å². The van der Waals surface area contributed by atoms with Gasteiger partial charge in [0.05, 0.1) is 0 Å². The first-order valence-corrected chi connectivity index (χ1v) is 8.40. The summed E-state index contributed by atoms with van der Waals surface area (Å²) >= 11 is 1.92. The molecule has 1 aromatic carbocycles. The molecule has 19 heavy (non-hydrogen) atoms. The Morgan fingerprint density at radius 2 is 1.89 bits per heavy atom. The second-order valence-electron chi connectivity index (χ2n) is 5.33. The standard InChI is InChI=1S/C16H28N2S/c1-13-6-8-15(9-7-13)16(17-3)10-11-18(4)14(2)12-19-5/h6-9,14,16-17H,10-12H2,1-5H3. The van der Waals surface area contributed by atoms with Gasteiger partial charge in [-0.25, -0.2) is 0 Å². The van der Waals surface area contributed by atoms with E-state index in [-0.39, 0.29) is 0 Å². The van der Waals surface area contributed by atoms with Crippen molar-refractivity contribution in [1.82, 2.24) is 10.2 Å². The fourth-order valence-electron chi connectivity index (χ4n) is 2.20. The number of aryl methyl sites for hydroxylation is 1. The van der Waals surface area contributed by atoms with E-state index in [1.807, 2.05) is 11.8 Å². The number of nitrogens with zero attached hydrogens (tertiary/aromatic N) is 1. The molecule has 2 unspecified atom stereocenters. The van der Waals surface area contributed by atoms with E-state index >= 15 is 0 Å². The van der Waals surface area contributed by atoms with Gasteiger partial charge in [0.15, 0.2) is 0 Å². The molecule has 0 radical (unpaired) electrons. The smallest absolute Gasteiger partial charge is 0.0329 e. The third-order valence-electron chi connectivity index (χ3n) is 3.76. The molecule has 2 nitrogen and oxygen atoms in total. The Balaban J connectivity index is 2.51. The molecule has 1 rings (SSSR count). The molecule has 2 atom stereocenters. The molecule has 3 heteroatoms. The second-order valence-corrected chi connectivity index (χ2v) is 6.24. The number of thioether (sulfide) groups is 1. The zero-order valence-electron chi connectivity index (χ0n) is 12.9. The Kier molecular flexibility index (Phi) is 7.51. The molecule has 1 aromatic rings. The molecule has 0 aliphatic carbocycles. The molecule has 0 aromatic heterocycles. The van der Waals surface area contributed by atoms with Crippen molar-refractivity contribution in [3.63, 3.8) is 0 Å². The largest absolute Gasteiger partial charge is 0.313 e. The lowest BCUT2D eigenvalue weighted by atomic mass is 10.0. The Labute approximate surface area is 123 Å². The summed E-state index contributed by atoms with van der Waals surface area (Å²) < 4.78 is 0. The molecule has 0 saturated heterocycles. The van der Waals surface area contributed by atoms with E-state index in [9.17, 15) is 0 Å². The first-order valence-electron chi connectivity index (χ1n) is 7.01. The number of nitrogens with one attached hydrogen (secondary N) is 1. The van der Waals surface area contributed by atoms with E-state index in [1.54, 1.807) is 0 Å². The summed E-state index contributed by atoms with van der Waals surface area (Å²) in [6, 6.07) is 9.96. The zero-order valence-corrected chi connectivity index (χ0v) is 13.8. The van der Waals surface area contributed by atoms with Crippen molar-refractivity contribution in [1.29, 1.82) is 0 Å². The molecular formula is C16H28N2S. The van der Waals surface area contributed by atoms with Crippen LogP contribution in [0.3, 0.4) is 0 Å². The summed E-state index contributed by atoms with van der Waals surface area (Å²) in [6.45, 7) is 5.56. The highest BCUT2D eigenvalue weighted by molar-refractivity contribution is 7.98. The average Bonchev–Trinajstić information content (AvgIpc) is 2.41. The van der Waals surface area contributed by atoms with Crippen LogP contribution in [0.2, 0.25) is 0 Å². The molecular weight excluding hydrogens is 252 g/mol. The van der Waals surface area contributed by atoms with E-state index in [0.29, 0.717) is 12.1 Å². The first-order chi connectivity index (χ1) is 9.08. The minimum absolute atomic E-state index is 0.449. The Hall–Kier alpha value is -0.510. The maximum absolute atomic E-state index is 3.43. The van der Waals surface area contributed by atoms with E-state index in [0.717, 1.165) is 13.0 Å². The lowest BCUT2D eigenvalue weighted by Gasteiger charge is -2.26. The van der Waals surface area contributed by atoms with Crippen LogP contribution in [0.15, 0.2) is 24.3 Å². The van der Waals surface area contributed by atoms with Crippen molar-refractivity contribution < 1.29 is 0 Å². The summed E-state index contributed by atoms with van der Waals surface area (Å²) in [5.74, 6) is 1.20. The van der Waals surface area contributed by atoms with Gasteiger partial charge >= 0.3 is 0 Å². The second kappa shape index (κ2) is 8.62. The molecule has 0 bridgehead atoms. The molecule has 1 N–H and O–H groups in total. The third-order valence-corrected chi connectivity index (χ3v) is 4.57. The lowest BCUT2D eigenvalue weighted by Crippen LogP contribution is -2.33. The van der Waals surface area contributed by atoms with Gasteiger partial charge in [0.25, 0.3) is 0 Å².